The minimum absolute atomic E-state index is 0.141. The van der Waals surface area contributed by atoms with Crippen molar-refractivity contribution in [3.63, 3.8) is 0 Å². The predicted octanol–water partition coefficient (Wildman–Crippen LogP) is 3.63. The third-order valence-electron chi connectivity index (χ3n) is 3.50. The molecule has 0 unspecified atom stereocenters. The van der Waals surface area contributed by atoms with Crippen LogP contribution in [0.5, 0.6) is 0 Å². The average Bonchev–Trinajstić information content (AvgIpc) is 2.22. The van der Waals surface area contributed by atoms with Gasteiger partial charge in [-0.05, 0) is 37.5 Å². The zero-order chi connectivity index (χ0) is 11.1. The highest BCUT2D eigenvalue weighted by molar-refractivity contribution is 4.83. The van der Waals surface area contributed by atoms with Gasteiger partial charge in [-0.2, -0.15) is 0 Å². The summed E-state index contributed by atoms with van der Waals surface area (Å²) in [6, 6.07) is 0. The smallest absolute Gasteiger partial charge is 0.0565 e. The molecule has 0 radical (unpaired) electrons. The lowest BCUT2D eigenvalue weighted by Gasteiger charge is -2.28. The average molecular weight is 198 g/mol. The topological polar surface area (TPSA) is 20.2 Å². The molecule has 0 aromatic heterocycles. The Hall–Kier alpha value is -0.300. The summed E-state index contributed by atoms with van der Waals surface area (Å²) in [4.78, 5) is 0. The van der Waals surface area contributed by atoms with Gasteiger partial charge < -0.3 is 5.11 Å². The van der Waals surface area contributed by atoms with Crippen LogP contribution in [0, 0.1) is 17.8 Å². The first-order valence-electron chi connectivity index (χ1n) is 5.83. The van der Waals surface area contributed by atoms with Crippen LogP contribution in [0.1, 0.15) is 47.5 Å². The van der Waals surface area contributed by atoms with Crippen molar-refractivity contribution in [2.75, 3.05) is 0 Å². The largest absolute Gasteiger partial charge is 0.393 e. The fourth-order valence-electron chi connectivity index (χ4n) is 1.81. The summed E-state index contributed by atoms with van der Waals surface area (Å²) < 4.78 is 0. The highest BCUT2D eigenvalue weighted by Crippen LogP contribution is 2.26. The van der Waals surface area contributed by atoms with Crippen LogP contribution in [0.4, 0.5) is 0 Å². The van der Waals surface area contributed by atoms with Crippen LogP contribution in [-0.2, 0) is 0 Å². The molecule has 0 aliphatic rings. The van der Waals surface area contributed by atoms with E-state index in [0.29, 0.717) is 17.8 Å². The molecule has 0 heterocycles. The Labute approximate surface area is 89.2 Å². The van der Waals surface area contributed by atoms with Crippen LogP contribution in [-0.4, -0.2) is 11.2 Å². The second-order valence-electron chi connectivity index (χ2n) is 4.48. The monoisotopic (exact) mass is 198 g/mol. The maximum atomic E-state index is 9.75. The summed E-state index contributed by atoms with van der Waals surface area (Å²) in [6.45, 7) is 10.8. The van der Waals surface area contributed by atoms with Gasteiger partial charge in [0, 0.05) is 0 Å². The molecule has 0 fully saturated rings. The molecular weight excluding hydrogens is 172 g/mol. The fourth-order valence-corrected chi connectivity index (χ4v) is 1.81. The Morgan fingerprint density at radius 3 is 2.14 bits per heavy atom. The van der Waals surface area contributed by atoms with Gasteiger partial charge in [0.25, 0.3) is 0 Å². The Morgan fingerprint density at radius 1 is 1.14 bits per heavy atom. The van der Waals surface area contributed by atoms with Crippen LogP contribution >= 0.6 is 0 Å². The van der Waals surface area contributed by atoms with Crippen molar-refractivity contribution in [1.82, 2.24) is 0 Å². The maximum absolute atomic E-state index is 9.75. The lowest BCUT2D eigenvalue weighted by molar-refractivity contribution is 0.0677. The molecule has 0 spiro atoms. The van der Waals surface area contributed by atoms with E-state index < -0.39 is 0 Å². The summed E-state index contributed by atoms with van der Waals surface area (Å²) in [5, 5.41) is 9.75. The molecule has 1 heteroatoms. The van der Waals surface area contributed by atoms with E-state index in [9.17, 15) is 5.11 Å². The van der Waals surface area contributed by atoms with E-state index in [-0.39, 0.29) is 6.10 Å². The first kappa shape index (κ1) is 13.7. The highest BCUT2D eigenvalue weighted by Gasteiger charge is 2.23. The predicted molar refractivity (Wildman–Crippen MR) is 63.2 cm³/mol. The quantitative estimate of drug-likeness (QED) is 0.646. The van der Waals surface area contributed by atoms with Gasteiger partial charge in [0.05, 0.1) is 6.10 Å². The lowest BCUT2D eigenvalue weighted by atomic mass is 9.80. The van der Waals surface area contributed by atoms with Crippen molar-refractivity contribution in [1.29, 1.82) is 0 Å². The highest BCUT2D eigenvalue weighted by atomic mass is 16.3. The third-order valence-corrected chi connectivity index (χ3v) is 3.50. The van der Waals surface area contributed by atoms with E-state index in [0.717, 1.165) is 12.8 Å². The molecule has 14 heavy (non-hydrogen) atoms. The number of hydrogen-bond donors (Lipinski definition) is 1. The number of rotatable bonds is 6. The van der Waals surface area contributed by atoms with Gasteiger partial charge in [0.1, 0.15) is 0 Å². The molecule has 0 aliphatic carbocycles. The van der Waals surface area contributed by atoms with Gasteiger partial charge in [0.15, 0.2) is 0 Å². The normalized spacial score (nSPS) is 20.7. The molecule has 0 saturated carbocycles. The summed E-state index contributed by atoms with van der Waals surface area (Å²) in [5.41, 5.74) is 0. The molecule has 0 aliphatic heterocycles. The zero-order valence-corrected chi connectivity index (χ0v) is 10.3. The van der Waals surface area contributed by atoms with Crippen molar-refractivity contribution in [2.24, 2.45) is 17.8 Å². The molecule has 84 valence electrons. The Kier molecular flexibility index (Phi) is 6.90. The Balaban J connectivity index is 4.08. The summed E-state index contributed by atoms with van der Waals surface area (Å²) in [5.74, 6) is 1.64. The van der Waals surface area contributed by atoms with Gasteiger partial charge in [0.2, 0.25) is 0 Å². The molecule has 0 aromatic carbocycles. The summed E-state index contributed by atoms with van der Waals surface area (Å²) in [7, 11) is 0. The minimum Gasteiger partial charge on any atom is -0.393 e. The van der Waals surface area contributed by atoms with Crippen molar-refractivity contribution in [2.45, 2.75) is 53.6 Å². The van der Waals surface area contributed by atoms with E-state index in [1.54, 1.807) is 0 Å². The first-order chi connectivity index (χ1) is 6.54. The summed E-state index contributed by atoms with van der Waals surface area (Å²) >= 11 is 0. The van der Waals surface area contributed by atoms with Crippen LogP contribution in [0.15, 0.2) is 12.2 Å². The number of aliphatic hydroxyl groups excluding tert-OH is 1. The van der Waals surface area contributed by atoms with E-state index in [2.05, 4.69) is 39.8 Å². The van der Waals surface area contributed by atoms with Gasteiger partial charge in [-0.3, -0.25) is 0 Å². The molecule has 4 atom stereocenters. The van der Waals surface area contributed by atoms with Gasteiger partial charge >= 0.3 is 0 Å². The van der Waals surface area contributed by atoms with Gasteiger partial charge in [-0.15, -0.1) is 0 Å². The fraction of sp³-hybridized carbons (Fsp3) is 0.846. The van der Waals surface area contributed by atoms with Crippen molar-refractivity contribution >= 4 is 0 Å². The zero-order valence-electron chi connectivity index (χ0n) is 10.3. The molecule has 0 aromatic rings. The van der Waals surface area contributed by atoms with E-state index >= 15 is 0 Å². The van der Waals surface area contributed by atoms with Crippen LogP contribution in [0.25, 0.3) is 0 Å². The molecular formula is C13H26O. The second-order valence-corrected chi connectivity index (χ2v) is 4.48. The third kappa shape index (κ3) is 4.28. The van der Waals surface area contributed by atoms with Gasteiger partial charge in [-0.25, -0.2) is 0 Å². The number of hydrogen-bond acceptors (Lipinski definition) is 1. The van der Waals surface area contributed by atoms with E-state index in [4.69, 9.17) is 0 Å². The molecule has 1 N–H and O–H groups in total. The van der Waals surface area contributed by atoms with E-state index in [1.807, 2.05) is 6.92 Å². The van der Waals surface area contributed by atoms with Crippen molar-refractivity contribution < 1.29 is 5.11 Å². The second kappa shape index (κ2) is 7.05. The van der Waals surface area contributed by atoms with Crippen molar-refractivity contribution in [3.8, 4) is 0 Å². The molecule has 0 saturated heterocycles. The maximum Gasteiger partial charge on any atom is 0.0565 e. The molecule has 0 rings (SSSR count). The van der Waals surface area contributed by atoms with E-state index in [1.165, 1.54) is 0 Å². The molecule has 1 nitrogen and oxygen atoms in total. The lowest BCUT2D eigenvalue weighted by Crippen LogP contribution is -2.27. The van der Waals surface area contributed by atoms with Gasteiger partial charge in [-0.1, -0.05) is 39.8 Å². The first-order valence-corrected chi connectivity index (χ1v) is 5.83. The van der Waals surface area contributed by atoms with Crippen LogP contribution in [0.2, 0.25) is 0 Å². The number of allylic oxidation sites excluding steroid dienone is 2. The van der Waals surface area contributed by atoms with Crippen LogP contribution < -0.4 is 0 Å². The standard InChI is InChI=1S/C13H26O/c1-6-8-9-10(3)11(4)12(5)13(14)7-2/h6,8,10-14H,7,9H2,1-5H3/b8-6+/t10-,11+,12+,13+/m0/s1. The van der Waals surface area contributed by atoms with Crippen LogP contribution in [0.3, 0.4) is 0 Å². The Bertz CT molecular complexity index is 163. The van der Waals surface area contributed by atoms with Crippen molar-refractivity contribution in [3.05, 3.63) is 12.2 Å². The molecule has 0 bridgehead atoms. The molecule has 0 amide bonds. The minimum atomic E-state index is -0.141. The number of aliphatic hydroxyl groups is 1. The summed E-state index contributed by atoms with van der Waals surface area (Å²) in [6.07, 6.45) is 6.16. The Morgan fingerprint density at radius 2 is 1.71 bits per heavy atom. The SMILES string of the molecule is C/C=C/C[C@H](C)[C@@H](C)[C@@H](C)[C@H](O)CC.